The lowest BCUT2D eigenvalue weighted by Gasteiger charge is -2.56. The van der Waals surface area contributed by atoms with E-state index in [1.165, 1.54) is 178 Å². The third-order valence-electron chi connectivity index (χ3n) is 29.9. The van der Waals surface area contributed by atoms with Crippen LogP contribution in [0.15, 0.2) is 170 Å². The van der Waals surface area contributed by atoms with Gasteiger partial charge in [-0.2, -0.15) is 0 Å². The molecule has 5 aliphatic carbocycles. The number of anilines is 6. The lowest BCUT2D eigenvalue weighted by Crippen LogP contribution is -2.55. The summed E-state index contributed by atoms with van der Waals surface area (Å²) in [6.45, 7) is 50.7. The number of fused-ring (bicyclic) bond motifs is 3. The van der Waals surface area contributed by atoms with E-state index in [-0.39, 0.29) is 59.6 Å². The molecular weight excluding hydrogens is 1150 g/mol. The average Bonchev–Trinajstić information content (AvgIpc) is 1.48. The zero-order valence-electron chi connectivity index (χ0n) is 62.5. The lowest BCUT2D eigenvalue weighted by atomic mass is 9.47. The van der Waals surface area contributed by atoms with Gasteiger partial charge in [0.15, 0.2) is 0 Å². The summed E-state index contributed by atoms with van der Waals surface area (Å²) in [6.07, 6.45) is 17.5. The number of para-hydroxylation sites is 4. The van der Waals surface area contributed by atoms with Gasteiger partial charge in [-0.3, -0.25) is 0 Å². The summed E-state index contributed by atoms with van der Waals surface area (Å²) < 4.78 is 0. The first-order chi connectivity index (χ1) is 44.9. The zero-order chi connectivity index (χ0) is 67.9. The van der Waals surface area contributed by atoms with Crippen molar-refractivity contribution in [1.29, 1.82) is 0 Å². The highest BCUT2D eigenvalue weighted by atomic mass is 15.2. The first kappa shape index (κ1) is 67.0. The fraction of sp³-hybridized carbons (Fsp3) is 0.484. The molecule has 0 aromatic heterocycles. The van der Waals surface area contributed by atoms with Crippen LogP contribution in [0.5, 0.6) is 0 Å². The Kier molecular flexibility index (Phi) is 16.4. The SMILES string of the molecule is CCCCCCCCC1(CCCCCCCC)c2cc(N(c3ccccc3)c3ccccc3-c3cc4c5c(c3)C(C)(C)C(C)(C)C5(C)C(C)(C)C4(C)C)ccc2-c2ccc(N(c3ccccc3)c3ccccc3-c3cc4c5c(c3)C(C)(C)C(C)(C)C5(C)C(C)(C)C4(C)C)cc21. The van der Waals surface area contributed by atoms with Gasteiger partial charge in [-0.15, -0.1) is 0 Å². The smallest absolute Gasteiger partial charge is 0.0540 e. The molecule has 5 aliphatic rings. The summed E-state index contributed by atoms with van der Waals surface area (Å²) in [7, 11) is 0. The van der Waals surface area contributed by atoms with Crippen molar-refractivity contribution in [2.45, 2.75) is 266 Å². The minimum Gasteiger partial charge on any atom is -0.310 e. The van der Waals surface area contributed by atoms with Crippen LogP contribution in [-0.2, 0) is 37.9 Å². The Morgan fingerprint density at radius 3 is 0.884 bits per heavy atom. The highest BCUT2D eigenvalue weighted by molar-refractivity contribution is 5.94. The molecule has 95 heavy (non-hydrogen) atoms. The third-order valence-corrected chi connectivity index (χ3v) is 29.9. The summed E-state index contributed by atoms with van der Waals surface area (Å²) in [4.78, 5) is 5.24. The standard InChI is InChI=1S/C93H116N2/c1-21-23-25-27-29-41-55-93(56-42-30-28-26-24-22-2)73-61-67(94(65-43-33-31-34-44-65)79-49-39-37-47-69(79)63-57-75-81-76(58-63)84(5,6)88(13,14)91(81,19)87(11,12)83(75,3)4)51-53-71(73)72-54-52-68(62-74(72)93)95(66-45-35-32-36-46-66)80-50-40-38-48-70(80)64-59-77-82-78(60-64)86(9,10)90(17,18)92(82,20)89(15,16)85(77,7)8/h31-40,43-54,57-62H,21-30,41-42,55-56H2,1-20H3. The van der Waals surface area contributed by atoms with Gasteiger partial charge < -0.3 is 9.80 Å². The van der Waals surface area contributed by atoms with E-state index in [1.54, 1.807) is 11.1 Å². The van der Waals surface area contributed by atoms with Crippen molar-refractivity contribution in [3.63, 3.8) is 0 Å². The molecule has 8 aromatic rings. The van der Waals surface area contributed by atoms with Crippen molar-refractivity contribution in [3.8, 4) is 33.4 Å². The molecule has 0 amide bonds. The van der Waals surface area contributed by atoms with E-state index in [1.807, 2.05) is 0 Å². The molecule has 0 spiro atoms. The highest BCUT2D eigenvalue weighted by Gasteiger charge is 2.74. The number of hydrogen-bond donors (Lipinski definition) is 0. The maximum absolute atomic E-state index is 2.69. The summed E-state index contributed by atoms with van der Waals surface area (Å²) in [5.41, 5.74) is 27.3. The molecule has 0 N–H and O–H groups in total. The Balaban J connectivity index is 0.998. The van der Waals surface area contributed by atoms with E-state index in [9.17, 15) is 0 Å². The maximum Gasteiger partial charge on any atom is 0.0540 e. The van der Waals surface area contributed by atoms with Crippen LogP contribution in [0, 0.1) is 21.7 Å². The Bertz CT molecular complexity index is 3840. The summed E-state index contributed by atoms with van der Waals surface area (Å²) in [6, 6.07) is 67.3. The number of hydrogen-bond acceptors (Lipinski definition) is 2. The van der Waals surface area contributed by atoms with E-state index < -0.39 is 0 Å². The third kappa shape index (κ3) is 9.18. The fourth-order valence-corrected chi connectivity index (χ4v) is 21.0. The van der Waals surface area contributed by atoms with Crippen LogP contribution in [0.25, 0.3) is 33.4 Å². The molecule has 13 rings (SSSR count). The van der Waals surface area contributed by atoms with Gasteiger partial charge in [0.05, 0.1) is 11.4 Å². The Morgan fingerprint density at radius 2 is 0.558 bits per heavy atom. The van der Waals surface area contributed by atoms with Crippen LogP contribution in [0.2, 0.25) is 0 Å². The summed E-state index contributed by atoms with van der Waals surface area (Å²) in [5, 5.41) is 0. The highest BCUT2D eigenvalue weighted by Crippen LogP contribution is 2.78. The minimum atomic E-state index is -0.211. The molecule has 0 radical (unpaired) electrons. The van der Waals surface area contributed by atoms with Gasteiger partial charge in [-0.25, -0.2) is 0 Å². The average molecular weight is 1260 g/mol. The van der Waals surface area contributed by atoms with Crippen molar-refractivity contribution < 1.29 is 0 Å². The molecule has 2 heteroatoms. The first-order valence-corrected chi connectivity index (χ1v) is 37.5. The number of benzene rings is 8. The number of nitrogens with zero attached hydrogens (tertiary/aromatic N) is 2. The van der Waals surface area contributed by atoms with Gasteiger partial charge in [0, 0.05) is 50.1 Å². The topological polar surface area (TPSA) is 6.48 Å². The van der Waals surface area contributed by atoms with Crippen molar-refractivity contribution in [2.24, 2.45) is 21.7 Å². The van der Waals surface area contributed by atoms with Crippen LogP contribution in [0.3, 0.4) is 0 Å². The second-order valence-corrected chi connectivity index (χ2v) is 35.1. The lowest BCUT2D eigenvalue weighted by molar-refractivity contribution is -0.0105. The fourth-order valence-electron chi connectivity index (χ4n) is 21.0. The minimum absolute atomic E-state index is 0.00246. The van der Waals surface area contributed by atoms with Crippen LogP contribution in [-0.4, -0.2) is 0 Å². The quantitative estimate of drug-likeness (QED) is 0.0624. The molecule has 0 unspecified atom stereocenters. The van der Waals surface area contributed by atoms with E-state index in [0.29, 0.717) is 0 Å². The molecule has 0 saturated heterocycles. The summed E-state index contributed by atoms with van der Waals surface area (Å²) in [5.74, 6) is 0. The normalized spacial score (nSPS) is 20.0. The van der Waals surface area contributed by atoms with Gasteiger partial charge in [-0.05, 0) is 184 Å². The zero-order valence-corrected chi connectivity index (χ0v) is 62.5. The van der Waals surface area contributed by atoms with Crippen LogP contribution in [0.1, 0.15) is 273 Å². The Labute approximate surface area is 576 Å². The molecule has 498 valence electrons. The van der Waals surface area contributed by atoms with E-state index in [0.717, 1.165) is 12.8 Å². The monoisotopic (exact) mass is 1260 g/mol. The summed E-state index contributed by atoms with van der Waals surface area (Å²) >= 11 is 0. The van der Waals surface area contributed by atoms with Crippen molar-refractivity contribution in [2.75, 3.05) is 9.80 Å². The largest absolute Gasteiger partial charge is 0.310 e. The molecule has 0 aliphatic heterocycles. The number of rotatable bonds is 22. The van der Waals surface area contributed by atoms with Gasteiger partial charge >= 0.3 is 0 Å². The second-order valence-electron chi connectivity index (χ2n) is 35.1. The molecule has 8 aromatic carbocycles. The Hall–Kier alpha value is -6.64. The second kappa shape index (κ2) is 23.3. The molecule has 0 saturated carbocycles. The van der Waals surface area contributed by atoms with Gasteiger partial charge in [0.1, 0.15) is 0 Å². The maximum atomic E-state index is 2.69. The van der Waals surface area contributed by atoms with Crippen LogP contribution >= 0.6 is 0 Å². The van der Waals surface area contributed by atoms with Gasteiger partial charge in [-0.1, -0.05) is 325 Å². The van der Waals surface area contributed by atoms with Crippen LogP contribution < -0.4 is 9.80 Å². The number of unbranched alkanes of at least 4 members (excludes halogenated alkanes) is 10. The van der Waals surface area contributed by atoms with Crippen molar-refractivity contribution >= 4 is 34.1 Å². The predicted molar refractivity (Wildman–Crippen MR) is 411 cm³/mol. The van der Waals surface area contributed by atoms with E-state index in [4.69, 9.17) is 0 Å². The Morgan fingerprint density at radius 1 is 0.263 bits per heavy atom. The first-order valence-electron chi connectivity index (χ1n) is 37.5. The molecule has 2 nitrogen and oxygen atoms in total. The van der Waals surface area contributed by atoms with E-state index >= 15 is 0 Å². The van der Waals surface area contributed by atoms with Gasteiger partial charge in [0.25, 0.3) is 0 Å². The molecule has 0 atom stereocenters. The predicted octanol–water partition coefficient (Wildman–Crippen LogP) is 27.5. The molecule has 0 bridgehead atoms. The molecular formula is C93H116N2. The molecule has 0 heterocycles. The van der Waals surface area contributed by atoms with Gasteiger partial charge in [0.2, 0.25) is 0 Å². The van der Waals surface area contributed by atoms with Crippen molar-refractivity contribution in [3.05, 3.63) is 214 Å². The van der Waals surface area contributed by atoms with Crippen molar-refractivity contribution in [1.82, 2.24) is 0 Å². The van der Waals surface area contributed by atoms with E-state index in [2.05, 4.69) is 318 Å². The van der Waals surface area contributed by atoms with Crippen LogP contribution in [0.4, 0.5) is 34.1 Å². The molecule has 0 fully saturated rings.